The van der Waals surface area contributed by atoms with Crippen LogP contribution in [0.3, 0.4) is 0 Å². The van der Waals surface area contributed by atoms with Gasteiger partial charge in [0.2, 0.25) is 5.91 Å². The molecule has 0 saturated carbocycles. The highest BCUT2D eigenvalue weighted by Crippen LogP contribution is 2.24. The Morgan fingerprint density at radius 2 is 2.21 bits per heavy atom. The molecule has 14 heavy (non-hydrogen) atoms. The van der Waals surface area contributed by atoms with E-state index in [-0.39, 0.29) is 11.3 Å². The standard InChI is InChI=1S/C9H8FNO3/c1-5(13)11-7-2-6(4-12)3-8(14)9(7)10/h2-4,14H,1H3,(H,11,13). The fraction of sp³-hybridized carbons (Fsp3) is 0.111. The zero-order valence-corrected chi connectivity index (χ0v) is 7.37. The van der Waals surface area contributed by atoms with Crippen molar-refractivity contribution in [3.8, 4) is 5.75 Å². The Hall–Kier alpha value is -1.91. The summed E-state index contributed by atoms with van der Waals surface area (Å²) in [6.07, 6.45) is 0.449. The highest BCUT2D eigenvalue weighted by Gasteiger charge is 2.10. The second-order valence-corrected chi connectivity index (χ2v) is 2.70. The Kier molecular flexibility index (Phi) is 2.81. The first-order valence-electron chi connectivity index (χ1n) is 3.80. The molecular formula is C9H8FNO3. The Morgan fingerprint density at radius 1 is 1.57 bits per heavy atom. The maximum atomic E-state index is 13.1. The Labute approximate surface area is 79.4 Å². The number of nitrogens with one attached hydrogen (secondary N) is 1. The zero-order valence-electron chi connectivity index (χ0n) is 7.37. The predicted octanol–water partition coefficient (Wildman–Crippen LogP) is 1.30. The summed E-state index contributed by atoms with van der Waals surface area (Å²) < 4.78 is 13.1. The molecule has 0 fully saturated rings. The van der Waals surface area contributed by atoms with Crippen LogP contribution < -0.4 is 5.32 Å². The van der Waals surface area contributed by atoms with Crippen molar-refractivity contribution in [2.75, 3.05) is 5.32 Å². The molecule has 1 amide bonds. The summed E-state index contributed by atoms with van der Waals surface area (Å²) in [4.78, 5) is 21.0. The highest BCUT2D eigenvalue weighted by atomic mass is 19.1. The number of aldehydes is 1. The average Bonchev–Trinajstić information content (AvgIpc) is 2.11. The van der Waals surface area contributed by atoms with Gasteiger partial charge in [0.05, 0.1) is 5.69 Å². The second-order valence-electron chi connectivity index (χ2n) is 2.70. The van der Waals surface area contributed by atoms with E-state index in [1.807, 2.05) is 0 Å². The SMILES string of the molecule is CC(=O)Nc1cc(C=O)cc(O)c1F. The van der Waals surface area contributed by atoms with Gasteiger partial charge >= 0.3 is 0 Å². The average molecular weight is 197 g/mol. The van der Waals surface area contributed by atoms with Gasteiger partial charge in [0.25, 0.3) is 0 Å². The van der Waals surface area contributed by atoms with E-state index in [9.17, 15) is 14.0 Å². The number of carbonyl (C=O) groups is 2. The van der Waals surface area contributed by atoms with Gasteiger partial charge in [-0.05, 0) is 12.1 Å². The number of hydrogen-bond acceptors (Lipinski definition) is 3. The largest absolute Gasteiger partial charge is 0.505 e. The van der Waals surface area contributed by atoms with Crippen molar-refractivity contribution in [2.45, 2.75) is 6.92 Å². The van der Waals surface area contributed by atoms with Crippen molar-refractivity contribution in [3.05, 3.63) is 23.5 Å². The molecule has 0 unspecified atom stereocenters. The number of phenols is 1. The van der Waals surface area contributed by atoms with Gasteiger partial charge in [-0.1, -0.05) is 0 Å². The summed E-state index contributed by atoms with van der Waals surface area (Å²) in [5.74, 6) is -2.10. The minimum absolute atomic E-state index is 0.0904. The molecule has 4 nitrogen and oxygen atoms in total. The molecule has 0 radical (unpaired) electrons. The van der Waals surface area contributed by atoms with Crippen LogP contribution in [-0.4, -0.2) is 17.3 Å². The van der Waals surface area contributed by atoms with Crippen LogP contribution in [0.25, 0.3) is 0 Å². The molecule has 1 aromatic carbocycles. The van der Waals surface area contributed by atoms with Crippen molar-refractivity contribution >= 4 is 17.9 Å². The van der Waals surface area contributed by atoms with Crippen molar-refractivity contribution in [3.63, 3.8) is 0 Å². The van der Waals surface area contributed by atoms with Crippen LogP contribution in [0.2, 0.25) is 0 Å². The summed E-state index contributed by atoms with van der Waals surface area (Å²) in [5, 5.41) is 11.2. The van der Waals surface area contributed by atoms with E-state index in [0.29, 0.717) is 6.29 Å². The fourth-order valence-electron chi connectivity index (χ4n) is 0.980. The van der Waals surface area contributed by atoms with E-state index in [1.165, 1.54) is 6.92 Å². The number of hydrogen-bond donors (Lipinski definition) is 2. The van der Waals surface area contributed by atoms with Crippen molar-refractivity contribution < 1.29 is 19.1 Å². The summed E-state index contributed by atoms with van der Waals surface area (Å²) in [6, 6.07) is 2.12. The molecule has 74 valence electrons. The quantitative estimate of drug-likeness (QED) is 0.702. The molecular weight excluding hydrogens is 189 g/mol. The third kappa shape index (κ3) is 2.07. The van der Waals surface area contributed by atoms with E-state index >= 15 is 0 Å². The molecule has 0 bridgehead atoms. The summed E-state index contributed by atoms with van der Waals surface area (Å²) >= 11 is 0. The van der Waals surface area contributed by atoms with Crippen LogP contribution in [0.4, 0.5) is 10.1 Å². The molecule has 1 rings (SSSR count). The van der Waals surface area contributed by atoms with Crippen molar-refractivity contribution in [1.82, 2.24) is 0 Å². The zero-order chi connectivity index (χ0) is 10.7. The number of phenolic OH excluding ortho intramolecular Hbond substituents is 1. The van der Waals surface area contributed by atoms with Crippen LogP contribution in [0.5, 0.6) is 5.75 Å². The van der Waals surface area contributed by atoms with E-state index < -0.39 is 17.5 Å². The highest BCUT2D eigenvalue weighted by molar-refractivity contribution is 5.90. The maximum Gasteiger partial charge on any atom is 0.221 e. The monoisotopic (exact) mass is 197 g/mol. The topological polar surface area (TPSA) is 66.4 Å². The molecule has 0 atom stereocenters. The van der Waals surface area contributed by atoms with Gasteiger partial charge < -0.3 is 10.4 Å². The lowest BCUT2D eigenvalue weighted by Gasteiger charge is -2.05. The number of aromatic hydroxyl groups is 1. The number of amides is 1. The summed E-state index contributed by atoms with van der Waals surface area (Å²) in [6.45, 7) is 1.20. The fourth-order valence-corrected chi connectivity index (χ4v) is 0.980. The van der Waals surface area contributed by atoms with Crippen molar-refractivity contribution in [2.24, 2.45) is 0 Å². The lowest BCUT2D eigenvalue weighted by molar-refractivity contribution is -0.114. The molecule has 0 aliphatic heterocycles. The van der Waals surface area contributed by atoms with E-state index in [4.69, 9.17) is 5.11 Å². The van der Waals surface area contributed by atoms with Crippen LogP contribution >= 0.6 is 0 Å². The molecule has 0 aliphatic rings. The number of rotatable bonds is 2. The molecule has 0 aromatic heterocycles. The first kappa shape index (κ1) is 10.2. The Morgan fingerprint density at radius 3 is 2.71 bits per heavy atom. The summed E-state index contributed by atoms with van der Waals surface area (Å²) in [7, 11) is 0. The predicted molar refractivity (Wildman–Crippen MR) is 47.8 cm³/mol. The molecule has 2 N–H and O–H groups in total. The lowest BCUT2D eigenvalue weighted by Crippen LogP contribution is -2.08. The molecule has 1 aromatic rings. The number of carbonyl (C=O) groups excluding carboxylic acids is 2. The maximum absolute atomic E-state index is 13.1. The minimum atomic E-state index is -0.953. The van der Waals surface area contributed by atoms with Gasteiger partial charge in [-0.2, -0.15) is 0 Å². The van der Waals surface area contributed by atoms with Gasteiger partial charge in [0.15, 0.2) is 11.6 Å². The van der Waals surface area contributed by atoms with Gasteiger partial charge in [-0.3, -0.25) is 9.59 Å². The van der Waals surface area contributed by atoms with Crippen LogP contribution in [0.1, 0.15) is 17.3 Å². The number of halogens is 1. The van der Waals surface area contributed by atoms with Gasteiger partial charge in [-0.15, -0.1) is 0 Å². The number of benzene rings is 1. The lowest BCUT2D eigenvalue weighted by atomic mass is 10.2. The first-order chi connectivity index (χ1) is 6.54. The second kappa shape index (κ2) is 3.87. The molecule has 0 heterocycles. The normalized spacial score (nSPS) is 9.57. The van der Waals surface area contributed by atoms with E-state index in [1.54, 1.807) is 0 Å². The van der Waals surface area contributed by atoms with Crippen LogP contribution in [-0.2, 0) is 4.79 Å². The van der Waals surface area contributed by atoms with Gasteiger partial charge in [-0.25, -0.2) is 4.39 Å². The Balaban J connectivity index is 3.19. The van der Waals surface area contributed by atoms with Crippen LogP contribution in [0.15, 0.2) is 12.1 Å². The third-order valence-electron chi connectivity index (χ3n) is 1.52. The Bertz CT molecular complexity index is 390. The van der Waals surface area contributed by atoms with Crippen molar-refractivity contribution in [1.29, 1.82) is 0 Å². The smallest absolute Gasteiger partial charge is 0.221 e. The molecule has 0 saturated heterocycles. The van der Waals surface area contributed by atoms with E-state index in [2.05, 4.69) is 5.32 Å². The van der Waals surface area contributed by atoms with Gasteiger partial charge in [0, 0.05) is 12.5 Å². The molecule has 0 spiro atoms. The minimum Gasteiger partial charge on any atom is -0.505 e. The summed E-state index contributed by atoms with van der Waals surface area (Å²) in [5.41, 5.74) is -0.118. The first-order valence-corrected chi connectivity index (χ1v) is 3.80. The third-order valence-corrected chi connectivity index (χ3v) is 1.52. The van der Waals surface area contributed by atoms with E-state index in [0.717, 1.165) is 12.1 Å². The molecule has 5 heteroatoms. The molecule has 0 aliphatic carbocycles. The number of anilines is 1. The van der Waals surface area contributed by atoms with Crippen LogP contribution in [0, 0.1) is 5.82 Å². The van der Waals surface area contributed by atoms with Gasteiger partial charge in [0.1, 0.15) is 6.29 Å².